The van der Waals surface area contributed by atoms with Crippen molar-refractivity contribution >= 4 is 34.4 Å². The summed E-state index contributed by atoms with van der Waals surface area (Å²) in [7, 11) is 1.61. The summed E-state index contributed by atoms with van der Waals surface area (Å²) in [6.07, 6.45) is 1.72. The zero-order chi connectivity index (χ0) is 15.0. The molecule has 0 radical (unpaired) electrons. The van der Waals surface area contributed by atoms with Crippen molar-refractivity contribution in [3.05, 3.63) is 47.4 Å². The predicted molar refractivity (Wildman–Crippen MR) is 84.7 cm³/mol. The Morgan fingerprint density at radius 3 is 2.81 bits per heavy atom. The summed E-state index contributed by atoms with van der Waals surface area (Å²) in [6.45, 7) is 1.87. The molecule has 0 saturated heterocycles. The van der Waals surface area contributed by atoms with Gasteiger partial charge in [-0.25, -0.2) is 9.97 Å². The molecule has 21 heavy (non-hydrogen) atoms. The van der Waals surface area contributed by atoms with Crippen LogP contribution in [0, 0.1) is 0 Å². The van der Waals surface area contributed by atoms with Crippen molar-refractivity contribution in [2.45, 2.75) is 12.3 Å². The summed E-state index contributed by atoms with van der Waals surface area (Å²) in [5.74, 6) is 1.40. The zero-order valence-electron chi connectivity index (χ0n) is 11.5. The number of pyridine rings is 1. The van der Waals surface area contributed by atoms with Crippen LogP contribution in [0.3, 0.4) is 0 Å². The van der Waals surface area contributed by atoms with E-state index in [1.54, 1.807) is 19.4 Å². The Bertz CT molecular complexity index is 799. The van der Waals surface area contributed by atoms with Gasteiger partial charge in [-0.05, 0) is 31.2 Å². The quantitative estimate of drug-likeness (QED) is 0.672. The second-order valence-electron chi connectivity index (χ2n) is 4.58. The van der Waals surface area contributed by atoms with E-state index in [2.05, 4.69) is 9.97 Å². The second-order valence-corrected chi connectivity index (χ2v) is 5.65. The molecule has 3 aromatic rings. The molecular formula is C15H13Cl2N3O. The van der Waals surface area contributed by atoms with E-state index in [1.807, 2.05) is 35.8 Å². The minimum atomic E-state index is -0.276. The first-order chi connectivity index (χ1) is 10.1. The molecule has 108 valence electrons. The number of hydrogen-bond donors (Lipinski definition) is 0. The standard InChI is InChI=1S/C15H13Cl2N3O/c1-9(16)14-19-12-4-3-7-18-15(12)20(14)13-8-10(21-2)5-6-11(13)17/h3-9H,1-2H3. The largest absolute Gasteiger partial charge is 0.497 e. The van der Waals surface area contributed by atoms with Crippen molar-refractivity contribution in [3.8, 4) is 11.4 Å². The van der Waals surface area contributed by atoms with Crippen LogP contribution in [0.15, 0.2) is 36.5 Å². The second kappa shape index (κ2) is 5.54. The molecule has 1 aromatic carbocycles. The number of rotatable bonds is 3. The van der Waals surface area contributed by atoms with E-state index >= 15 is 0 Å². The van der Waals surface area contributed by atoms with Gasteiger partial charge in [0.1, 0.15) is 17.1 Å². The van der Waals surface area contributed by atoms with Crippen LogP contribution < -0.4 is 4.74 Å². The molecule has 0 amide bonds. The highest BCUT2D eigenvalue weighted by atomic mass is 35.5. The number of aromatic nitrogens is 3. The van der Waals surface area contributed by atoms with E-state index < -0.39 is 0 Å². The minimum absolute atomic E-state index is 0.276. The third-order valence-corrected chi connectivity index (χ3v) is 3.71. The lowest BCUT2D eigenvalue weighted by molar-refractivity contribution is 0.414. The van der Waals surface area contributed by atoms with Crippen LogP contribution in [0.4, 0.5) is 0 Å². The van der Waals surface area contributed by atoms with Gasteiger partial charge in [-0.1, -0.05) is 11.6 Å². The number of fused-ring (bicyclic) bond motifs is 1. The summed E-state index contributed by atoms with van der Waals surface area (Å²) in [5, 5.41) is 0.306. The number of alkyl halides is 1. The highest BCUT2D eigenvalue weighted by molar-refractivity contribution is 6.32. The van der Waals surface area contributed by atoms with E-state index in [4.69, 9.17) is 27.9 Å². The zero-order valence-corrected chi connectivity index (χ0v) is 13.1. The molecule has 0 fully saturated rings. The smallest absolute Gasteiger partial charge is 0.164 e. The minimum Gasteiger partial charge on any atom is -0.497 e. The molecule has 1 unspecified atom stereocenters. The van der Waals surface area contributed by atoms with Crippen LogP contribution >= 0.6 is 23.2 Å². The first-order valence-electron chi connectivity index (χ1n) is 6.43. The van der Waals surface area contributed by atoms with Crippen LogP contribution in [0.2, 0.25) is 5.02 Å². The Hall–Kier alpha value is -1.78. The van der Waals surface area contributed by atoms with E-state index in [-0.39, 0.29) is 5.38 Å². The molecule has 6 heteroatoms. The van der Waals surface area contributed by atoms with Crippen molar-refractivity contribution in [1.82, 2.24) is 14.5 Å². The number of nitrogens with zero attached hydrogens (tertiary/aromatic N) is 3. The van der Waals surface area contributed by atoms with Gasteiger partial charge < -0.3 is 4.74 Å². The SMILES string of the molecule is COc1ccc(Cl)c(-n2c(C(C)Cl)nc3cccnc32)c1. The number of benzene rings is 1. The maximum atomic E-state index is 6.35. The fourth-order valence-corrected chi connectivity index (χ4v) is 2.57. The van der Waals surface area contributed by atoms with Gasteiger partial charge in [-0.3, -0.25) is 4.57 Å². The van der Waals surface area contributed by atoms with Gasteiger partial charge in [-0.2, -0.15) is 0 Å². The van der Waals surface area contributed by atoms with Crippen LogP contribution in [0.5, 0.6) is 5.75 Å². The lowest BCUT2D eigenvalue weighted by Crippen LogP contribution is -2.03. The van der Waals surface area contributed by atoms with Gasteiger partial charge in [-0.15, -0.1) is 11.6 Å². The van der Waals surface area contributed by atoms with Gasteiger partial charge in [0.25, 0.3) is 0 Å². The summed E-state index contributed by atoms with van der Waals surface area (Å²) >= 11 is 12.6. The summed E-state index contributed by atoms with van der Waals surface area (Å²) < 4.78 is 7.15. The van der Waals surface area contributed by atoms with Crippen molar-refractivity contribution in [2.75, 3.05) is 7.11 Å². The molecule has 0 saturated carbocycles. The van der Waals surface area contributed by atoms with Crippen LogP contribution in [0.25, 0.3) is 16.9 Å². The number of ether oxygens (including phenoxy) is 1. The van der Waals surface area contributed by atoms with Gasteiger partial charge >= 0.3 is 0 Å². The Labute approximate surface area is 132 Å². The van der Waals surface area contributed by atoms with E-state index in [0.29, 0.717) is 16.6 Å². The normalized spacial score (nSPS) is 12.6. The monoisotopic (exact) mass is 321 g/mol. The predicted octanol–water partition coefficient (Wildman–Crippen LogP) is 4.38. The van der Waals surface area contributed by atoms with Crippen molar-refractivity contribution in [1.29, 1.82) is 0 Å². The Morgan fingerprint density at radius 1 is 1.29 bits per heavy atom. The molecule has 4 nitrogen and oxygen atoms in total. The topological polar surface area (TPSA) is 39.9 Å². The average Bonchev–Trinajstić information content (AvgIpc) is 2.87. The lowest BCUT2D eigenvalue weighted by atomic mass is 10.2. The van der Waals surface area contributed by atoms with Crippen LogP contribution in [-0.2, 0) is 0 Å². The lowest BCUT2D eigenvalue weighted by Gasteiger charge is -2.13. The van der Waals surface area contributed by atoms with Gasteiger partial charge in [0, 0.05) is 12.3 Å². The van der Waals surface area contributed by atoms with Gasteiger partial charge in [0.05, 0.1) is 23.2 Å². The molecule has 1 atom stereocenters. The van der Waals surface area contributed by atoms with Crippen molar-refractivity contribution < 1.29 is 4.74 Å². The Balaban J connectivity index is 2.35. The van der Waals surface area contributed by atoms with E-state index in [9.17, 15) is 0 Å². The summed E-state index contributed by atoms with van der Waals surface area (Å²) in [4.78, 5) is 8.95. The molecule has 0 spiro atoms. The number of hydrogen-bond acceptors (Lipinski definition) is 3. The fourth-order valence-electron chi connectivity index (χ4n) is 2.23. The fraction of sp³-hybridized carbons (Fsp3) is 0.200. The third kappa shape index (κ3) is 2.45. The highest BCUT2D eigenvalue weighted by Gasteiger charge is 2.19. The molecule has 3 rings (SSSR count). The summed E-state index contributed by atoms with van der Waals surface area (Å²) in [6, 6.07) is 9.18. The molecule has 2 heterocycles. The maximum absolute atomic E-state index is 6.35. The van der Waals surface area contributed by atoms with E-state index in [0.717, 1.165) is 16.9 Å². The van der Waals surface area contributed by atoms with E-state index in [1.165, 1.54) is 0 Å². The first-order valence-corrected chi connectivity index (χ1v) is 7.24. The average molecular weight is 322 g/mol. The molecule has 2 aromatic heterocycles. The molecule has 0 N–H and O–H groups in total. The Kier molecular flexibility index (Phi) is 3.74. The molecule has 0 aliphatic carbocycles. The molecule has 0 bridgehead atoms. The number of methoxy groups -OCH3 is 1. The third-order valence-electron chi connectivity index (χ3n) is 3.19. The van der Waals surface area contributed by atoms with Crippen molar-refractivity contribution in [3.63, 3.8) is 0 Å². The Morgan fingerprint density at radius 2 is 2.10 bits per heavy atom. The molecule has 0 aliphatic rings. The summed E-state index contributed by atoms with van der Waals surface area (Å²) in [5.41, 5.74) is 2.24. The first kappa shape index (κ1) is 14.2. The molecule has 0 aliphatic heterocycles. The van der Waals surface area contributed by atoms with Crippen molar-refractivity contribution in [2.24, 2.45) is 0 Å². The molecular weight excluding hydrogens is 309 g/mol. The highest BCUT2D eigenvalue weighted by Crippen LogP contribution is 2.32. The van der Waals surface area contributed by atoms with Crippen LogP contribution in [-0.4, -0.2) is 21.6 Å². The van der Waals surface area contributed by atoms with Gasteiger partial charge in [0.15, 0.2) is 5.65 Å². The number of imidazole rings is 1. The maximum Gasteiger partial charge on any atom is 0.164 e. The van der Waals surface area contributed by atoms with Crippen LogP contribution in [0.1, 0.15) is 18.1 Å². The number of halogens is 2. The van der Waals surface area contributed by atoms with Gasteiger partial charge in [0.2, 0.25) is 0 Å².